The zero-order valence-corrected chi connectivity index (χ0v) is 25.8. The maximum atomic E-state index is 13.6. The van der Waals surface area contributed by atoms with Crippen LogP contribution < -0.4 is 10.1 Å². The number of benzene rings is 4. The van der Waals surface area contributed by atoms with Gasteiger partial charge in [-0.3, -0.25) is 0 Å². The molecule has 9 heteroatoms. The Balaban J connectivity index is 1.26. The number of rotatable bonds is 10. The van der Waals surface area contributed by atoms with Crippen LogP contribution in [0.3, 0.4) is 0 Å². The first-order chi connectivity index (χ1) is 21.0. The van der Waals surface area contributed by atoms with Gasteiger partial charge in [0.2, 0.25) is 11.1 Å². The molecule has 4 aromatic carbocycles. The smallest absolute Gasteiger partial charge is 0.338 e. The van der Waals surface area contributed by atoms with Gasteiger partial charge in [-0.25, -0.2) is 9.48 Å². The first-order valence-corrected chi connectivity index (χ1v) is 15.6. The molecule has 7 nitrogen and oxygen atoms in total. The number of hydrogen-bond donors (Lipinski definition) is 1. The van der Waals surface area contributed by atoms with Crippen LogP contribution in [0.25, 0.3) is 0 Å². The molecule has 0 radical (unpaired) electrons. The lowest BCUT2D eigenvalue weighted by Crippen LogP contribution is -2.29. The number of carbonyl (C=O) groups excluding carboxylic acids is 1. The third-order valence-corrected chi connectivity index (χ3v) is 8.37. The molecule has 2 heterocycles. The fourth-order valence-electron chi connectivity index (χ4n) is 4.83. The van der Waals surface area contributed by atoms with Gasteiger partial charge in [0, 0.05) is 15.9 Å². The average Bonchev–Trinajstić information content (AvgIpc) is 3.44. The van der Waals surface area contributed by atoms with E-state index in [1.165, 1.54) is 5.56 Å². The molecule has 1 aromatic heterocycles. The molecule has 5 aromatic rings. The number of nitrogens with zero attached hydrogens (tertiary/aromatic N) is 3. The van der Waals surface area contributed by atoms with E-state index in [-0.39, 0.29) is 6.61 Å². The molecule has 0 fully saturated rings. The van der Waals surface area contributed by atoms with Crippen molar-refractivity contribution >= 4 is 39.6 Å². The van der Waals surface area contributed by atoms with E-state index in [2.05, 4.69) is 33.4 Å². The number of ether oxygens (including phenoxy) is 2. The van der Waals surface area contributed by atoms with Crippen molar-refractivity contribution in [2.45, 2.75) is 37.1 Å². The molecule has 0 saturated heterocycles. The summed E-state index contributed by atoms with van der Waals surface area (Å²) in [6.45, 7) is 2.49. The van der Waals surface area contributed by atoms with Gasteiger partial charge in [0.05, 0.1) is 5.57 Å². The molecule has 216 valence electrons. The highest BCUT2D eigenvalue weighted by molar-refractivity contribution is 9.10. The number of allylic oxidation sites excluding steroid dienone is 1. The standard InChI is InChI=1S/C34H29BrN4O3S/c1-23-30(32(40)42-20-24-9-4-2-5-10-24)31(27-15-17-29(18-16-27)41-21-26-13-8-14-28(35)19-26)39-33(36-23)37-34(38-39)43-22-25-11-6-3-7-12-25/h2-19,31H,20-22H2,1H3,(H,36,37,38). The second-order valence-electron chi connectivity index (χ2n) is 10.1. The highest BCUT2D eigenvalue weighted by Crippen LogP contribution is 2.37. The molecule has 1 N–H and O–H groups in total. The summed E-state index contributed by atoms with van der Waals surface area (Å²) in [7, 11) is 0. The predicted octanol–water partition coefficient (Wildman–Crippen LogP) is 7.94. The number of hydrogen-bond acceptors (Lipinski definition) is 7. The van der Waals surface area contributed by atoms with Crippen molar-refractivity contribution in [1.29, 1.82) is 0 Å². The van der Waals surface area contributed by atoms with E-state index in [0.29, 0.717) is 29.0 Å². The highest BCUT2D eigenvalue weighted by Gasteiger charge is 2.35. The van der Waals surface area contributed by atoms with Gasteiger partial charge in [0.1, 0.15) is 25.0 Å². The van der Waals surface area contributed by atoms with Gasteiger partial charge in [0.25, 0.3) is 0 Å². The van der Waals surface area contributed by atoms with Crippen LogP contribution in [0.2, 0.25) is 0 Å². The molecule has 0 amide bonds. The maximum Gasteiger partial charge on any atom is 0.338 e. The SMILES string of the molecule is CC1=C(C(=O)OCc2ccccc2)C(c2ccc(OCc3cccc(Br)c3)cc2)n2nc(SCc3ccccc3)nc2N1. The van der Waals surface area contributed by atoms with Crippen molar-refractivity contribution in [3.63, 3.8) is 0 Å². The minimum atomic E-state index is -0.530. The lowest BCUT2D eigenvalue weighted by molar-refractivity contribution is -0.140. The zero-order chi connectivity index (χ0) is 29.6. The van der Waals surface area contributed by atoms with Gasteiger partial charge in [0.15, 0.2) is 0 Å². The van der Waals surface area contributed by atoms with Crippen LogP contribution in [0.15, 0.2) is 130 Å². The molecule has 1 aliphatic heterocycles. The highest BCUT2D eigenvalue weighted by atomic mass is 79.9. The number of nitrogens with one attached hydrogen (secondary N) is 1. The zero-order valence-electron chi connectivity index (χ0n) is 23.4. The van der Waals surface area contributed by atoms with E-state index in [9.17, 15) is 4.79 Å². The monoisotopic (exact) mass is 652 g/mol. The second-order valence-corrected chi connectivity index (χ2v) is 11.9. The summed E-state index contributed by atoms with van der Waals surface area (Å²) in [6, 6.07) is 35.1. The Morgan fingerprint density at radius 1 is 0.884 bits per heavy atom. The topological polar surface area (TPSA) is 78.3 Å². The van der Waals surface area contributed by atoms with Gasteiger partial charge < -0.3 is 14.8 Å². The maximum absolute atomic E-state index is 13.6. The molecule has 0 saturated carbocycles. The van der Waals surface area contributed by atoms with Crippen LogP contribution in [0.4, 0.5) is 5.95 Å². The Bertz CT molecular complexity index is 1740. The van der Waals surface area contributed by atoms with Crippen LogP contribution in [0, 0.1) is 0 Å². The molecule has 6 rings (SSSR count). The third-order valence-electron chi connectivity index (χ3n) is 6.97. The summed E-state index contributed by atoms with van der Waals surface area (Å²) >= 11 is 5.06. The van der Waals surface area contributed by atoms with Crippen molar-refractivity contribution in [3.05, 3.63) is 147 Å². The number of fused-ring (bicyclic) bond motifs is 1. The number of aromatic nitrogens is 3. The van der Waals surface area contributed by atoms with Gasteiger partial charge in [-0.05, 0) is 53.4 Å². The van der Waals surface area contributed by atoms with Crippen LogP contribution >= 0.6 is 27.7 Å². The van der Waals surface area contributed by atoms with Crippen LogP contribution in [0.1, 0.15) is 35.2 Å². The van der Waals surface area contributed by atoms with Crippen molar-refractivity contribution in [3.8, 4) is 5.75 Å². The van der Waals surface area contributed by atoms with Gasteiger partial charge in [-0.2, -0.15) is 4.98 Å². The number of thioether (sulfide) groups is 1. The number of esters is 1. The summed E-state index contributed by atoms with van der Waals surface area (Å²) in [4.78, 5) is 18.4. The third kappa shape index (κ3) is 7.01. The Labute approximate surface area is 263 Å². The molecule has 1 atom stereocenters. The van der Waals surface area contributed by atoms with Crippen LogP contribution in [0.5, 0.6) is 5.75 Å². The molecule has 43 heavy (non-hydrogen) atoms. The number of halogens is 1. The van der Waals surface area contributed by atoms with E-state index < -0.39 is 12.0 Å². The van der Waals surface area contributed by atoms with Crippen molar-refractivity contribution in [1.82, 2.24) is 14.8 Å². The fraction of sp³-hybridized carbons (Fsp3) is 0.147. The Kier molecular flexibility index (Phi) is 8.91. The molecule has 1 aliphatic rings. The fourth-order valence-corrected chi connectivity index (χ4v) is 6.06. The summed E-state index contributed by atoms with van der Waals surface area (Å²) in [5.41, 5.74) is 5.19. The second kappa shape index (κ2) is 13.3. The van der Waals surface area contributed by atoms with E-state index >= 15 is 0 Å². The van der Waals surface area contributed by atoms with Crippen molar-refractivity contribution < 1.29 is 14.3 Å². The number of carbonyl (C=O) groups is 1. The van der Waals surface area contributed by atoms with Gasteiger partial charge in [-0.1, -0.05) is 113 Å². The van der Waals surface area contributed by atoms with Gasteiger partial charge >= 0.3 is 5.97 Å². The largest absolute Gasteiger partial charge is 0.489 e. The lowest BCUT2D eigenvalue weighted by Gasteiger charge is -2.28. The lowest BCUT2D eigenvalue weighted by atomic mass is 9.95. The first-order valence-electron chi connectivity index (χ1n) is 13.8. The van der Waals surface area contributed by atoms with E-state index in [0.717, 1.165) is 32.7 Å². The molecule has 0 aliphatic carbocycles. The normalized spacial score (nSPS) is 14.1. The first kappa shape index (κ1) is 28.8. The average molecular weight is 654 g/mol. The van der Waals surface area contributed by atoms with Crippen LogP contribution in [-0.2, 0) is 28.5 Å². The minimum Gasteiger partial charge on any atom is -0.489 e. The molecule has 1 unspecified atom stereocenters. The number of anilines is 1. The van der Waals surface area contributed by atoms with E-state index in [1.807, 2.05) is 104 Å². The van der Waals surface area contributed by atoms with E-state index in [4.69, 9.17) is 19.6 Å². The van der Waals surface area contributed by atoms with Crippen LogP contribution in [-0.4, -0.2) is 20.7 Å². The van der Waals surface area contributed by atoms with Crippen molar-refractivity contribution in [2.75, 3.05) is 5.32 Å². The Morgan fingerprint density at radius 3 is 2.30 bits per heavy atom. The van der Waals surface area contributed by atoms with Crippen molar-refractivity contribution in [2.24, 2.45) is 0 Å². The summed E-state index contributed by atoms with van der Waals surface area (Å²) < 4.78 is 14.6. The minimum absolute atomic E-state index is 0.175. The summed E-state index contributed by atoms with van der Waals surface area (Å²) in [5, 5.41) is 8.75. The molecule has 0 spiro atoms. The van der Waals surface area contributed by atoms with E-state index in [1.54, 1.807) is 16.4 Å². The Hall–Kier alpha value is -4.34. The summed E-state index contributed by atoms with van der Waals surface area (Å²) in [5.74, 6) is 1.63. The molecule has 0 bridgehead atoms. The predicted molar refractivity (Wildman–Crippen MR) is 172 cm³/mol. The molecular formula is C34H29BrN4O3S. The summed E-state index contributed by atoms with van der Waals surface area (Å²) in [6.07, 6.45) is 0. The van der Waals surface area contributed by atoms with Gasteiger partial charge in [-0.15, -0.1) is 5.10 Å². The quantitative estimate of drug-likeness (QED) is 0.121. The molecular weight excluding hydrogens is 624 g/mol. The Morgan fingerprint density at radius 2 is 1.58 bits per heavy atom.